The van der Waals surface area contributed by atoms with Crippen molar-refractivity contribution < 1.29 is 0 Å². The second-order valence-corrected chi connectivity index (χ2v) is 3.59. The summed E-state index contributed by atoms with van der Waals surface area (Å²) in [6, 6.07) is 10.6. The zero-order chi connectivity index (χ0) is 10.9. The smallest absolute Gasteiger partial charge is 0.0276 e. The minimum absolute atomic E-state index is 1.05. The van der Waals surface area contributed by atoms with Crippen LogP contribution < -0.4 is 0 Å². The molecule has 0 saturated carbocycles. The summed E-state index contributed by atoms with van der Waals surface area (Å²) in [4.78, 5) is 0. The van der Waals surface area contributed by atoms with Gasteiger partial charge in [-0.3, -0.25) is 0 Å². The van der Waals surface area contributed by atoms with Crippen molar-refractivity contribution in [2.75, 3.05) is 0 Å². The molecule has 0 bridgehead atoms. The highest BCUT2D eigenvalue weighted by molar-refractivity contribution is 5.19. The first-order valence-electron chi connectivity index (χ1n) is 5.33. The third-order valence-electron chi connectivity index (χ3n) is 2.27. The highest BCUT2D eigenvalue weighted by Crippen LogP contribution is 2.09. The van der Waals surface area contributed by atoms with Gasteiger partial charge >= 0.3 is 0 Å². The Morgan fingerprint density at radius 3 is 2.60 bits per heavy atom. The first-order valence-corrected chi connectivity index (χ1v) is 5.33. The minimum Gasteiger partial charge on any atom is -0.0991 e. The van der Waals surface area contributed by atoms with Gasteiger partial charge in [0.25, 0.3) is 0 Å². The highest BCUT2D eigenvalue weighted by atomic mass is 14.0. The second kappa shape index (κ2) is 6.83. The zero-order valence-electron chi connectivity index (χ0n) is 9.15. The summed E-state index contributed by atoms with van der Waals surface area (Å²) in [6.45, 7) is 7.62. The van der Waals surface area contributed by atoms with Gasteiger partial charge in [-0.15, -0.1) is 0 Å². The van der Waals surface area contributed by atoms with E-state index in [1.807, 2.05) is 12.2 Å². The number of aryl methyl sites for hydroxylation is 1. The molecule has 0 aliphatic heterocycles. The Kier molecular flexibility index (Phi) is 5.24. The molecule has 0 spiro atoms. The molecule has 0 atom stereocenters. The minimum atomic E-state index is 1.05. The monoisotopic (exact) mass is 198 g/mol. The van der Waals surface area contributed by atoms with E-state index in [-0.39, 0.29) is 0 Å². The van der Waals surface area contributed by atoms with E-state index >= 15 is 0 Å². The lowest BCUT2D eigenvalue weighted by atomic mass is 10.0. The first kappa shape index (κ1) is 11.5. The van der Waals surface area contributed by atoms with Crippen LogP contribution in [-0.4, -0.2) is 0 Å². The Balaban J connectivity index is 2.25. The van der Waals surface area contributed by atoms with Crippen molar-refractivity contribution in [1.29, 1.82) is 0 Å². The first-order chi connectivity index (χ1) is 7.33. The molecule has 0 aliphatic carbocycles. The van der Waals surface area contributed by atoms with Gasteiger partial charge in [-0.1, -0.05) is 67.3 Å². The lowest BCUT2D eigenvalue weighted by Gasteiger charge is -2.01. The van der Waals surface area contributed by atoms with E-state index in [1.54, 1.807) is 6.08 Å². The van der Waals surface area contributed by atoms with Crippen molar-refractivity contribution in [2.45, 2.75) is 19.3 Å². The molecule has 0 N–H and O–H groups in total. The molecule has 0 radical (unpaired) electrons. The Morgan fingerprint density at radius 1 is 1.20 bits per heavy atom. The Morgan fingerprint density at radius 2 is 1.93 bits per heavy atom. The van der Waals surface area contributed by atoms with Crippen molar-refractivity contribution in [2.24, 2.45) is 0 Å². The fraction of sp³-hybridized carbons (Fsp3) is 0.200. The summed E-state index contributed by atoms with van der Waals surface area (Å²) in [7, 11) is 0. The van der Waals surface area contributed by atoms with Gasteiger partial charge in [0.1, 0.15) is 0 Å². The maximum atomic E-state index is 3.99. The largest absolute Gasteiger partial charge is 0.0991 e. The maximum absolute atomic E-state index is 3.99. The number of hydrogen-bond donors (Lipinski definition) is 0. The van der Waals surface area contributed by atoms with Crippen LogP contribution in [0.15, 0.2) is 67.3 Å². The second-order valence-electron chi connectivity index (χ2n) is 3.59. The van der Waals surface area contributed by atoms with Crippen molar-refractivity contribution in [3.63, 3.8) is 0 Å². The molecule has 0 heteroatoms. The third-order valence-corrected chi connectivity index (χ3v) is 2.27. The van der Waals surface area contributed by atoms with Crippen LogP contribution in [0.4, 0.5) is 0 Å². The van der Waals surface area contributed by atoms with Crippen LogP contribution >= 0.6 is 0 Å². The molecule has 1 rings (SSSR count). The van der Waals surface area contributed by atoms with Crippen molar-refractivity contribution in [3.05, 3.63) is 72.9 Å². The molecule has 0 fully saturated rings. The molecule has 0 saturated heterocycles. The average molecular weight is 198 g/mol. The summed E-state index contributed by atoms with van der Waals surface area (Å²) in [5.74, 6) is 0. The fourth-order valence-corrected chi connectivity index (χ4v) is 1.45. The van der Waals surface area contributed by atoms with Crippen LogP contribution in [0.5, 0.6) is 0 Å². The molecule has 0 aromatic heterocycles. The number of allylic oxidation sites excluding steroid dienone is 4. The Bertz CT molecular complexity index is 330. The van der Waals surface area contributed by atoms with E-state index in [4.69, 9.17) is 0 Å². The zero-order valence-corrected chi connectivity index (χ0v) is 9.15. The molecule has 15 heavy (non-hydrogen) atoms. The molecule has 0 unspecified atom stereocenters. The average Bonchev–Trinajstić information content (AvgIpc) is 2.28. The summed E-state index contributed by atoms with van der Waals surface area (Å²) < 4.78 is 0. The van der Waals surface area contributed by atoms with Crippen molar-refractivity contribution in [1.82, 2.24) is 0 Å². The van der Waals surface area contributed by atoms with E-state index in [0.29, 0.717) is 0 Å². The maximum Gasteiger partial charge on any atom is -0.0276 e. The quantitative estimate of drug-likeness (QED) is 0.597. The number of benzene rings is 1. The van der Waals surface area contributed by atoms with Crippen LogP contribution in [0.2, 0.25) is 0 Å². The van der Waals surface area contributed by atoms with Crippen LogP contribution in [0.25, 0.3) is 0 Å². The van der Waals surface area contributed by atoms with Gasteiger partial charge in [-0.2, -0.15) is 0 Å². The molecule has 78 valence electrons. The van der Waals surface area contributed by atoms with Crippen LogP contribution in [0, 0.1) is 0 Å². The van der Waals surface area contributed by atoms with Crippen LogP contribution in [0.1, 0.15) is 18.4 Å². The molecular weight excluding hydrogens is 180 g/mol. The molecule has 0 heterocycles. The number of hydrogen-bond acceptors (Lipinski definition) is 0. The Hall–Kier alpha value is -1.56. The molecule has 0 amide bonds. The van der Waals surface area contributed by atoms with Crippen molar-refractivity contribution in [3.8, 4) is 0 Å². The van der Waals surface area contributed by atoms with E-state index < -0.39 is 0 Å². The molecule has 0 nitrogen and oxygen atoms in total. The normalized spacial score (nSPS) is 10.4. The topological polar surface area (TPSA) is 0 Å². The highest BCUT2D eigenvalue weighted by Gasteiger charge is 1.93. The molecule has 1 aromatic carbocycles. The van der Waals surface area contributed by atoms with Crippen molar-refractivity contribution >= 4 is 0 Å². The van der Waals surface area contributed by atoms with E-state index in [0.717, 1.165) is 19.3 Å². The Labute approximate surface area is 92.6 Å². The molecular formula is C15H18. The van der Waals surface area contributed by atoms with Gasteiger partial charge in [-0.05, 0) is 24.8 Å². The summed E-state index contributed by atoms with van der Waals surface area (Å²) in [6.07, 6.45) is 9.08. The van der Waals surface area contributed by atoms with Gasteiger partial charge < -0.3 is 0 Å². The van der Waals surface area contributed by atoms with Gasteiger partial charge in [0.15, 0.2) is 0 Å². The van der Waals surface area contributed by atoms with Crippen LogP contribution in [-0.2, 0) is 6.42 Å². The molecule has 0 aliphatic rings. The fourth-order valence-electron chi connectivity index (χ4n) is 1.45. The summed E-state index contributed by atoms with van der Waals surface area (Å²) in [5.41, 5.74) is 2.57. The van der Waals surface area contributed by atoms with Crippen LogP contribution in [0.3, 0.4) is 0 Å². The van der Waals surface area contributed by atoms with E-state index in [9.17, 15) is 0 Å². The third kappa shape index (κ3) is 5.02. The summed E-state index contributed by atoms with van der Waals surface area (Å²) >= 11 is 0. The predicted octanol–water partition coefficient (Wildman–Crippen LogP) is 4.31. The van der Waals surface area contributed by atoms with Gasteiger partial charge in [0, 0.05) is 0 Å². The van der Waals surface area contributed by atoms with Gasteiger partial charge in [-0.25, -0.2) is 0 Å². The standard InChI is InChI=1S/C15H18/c1-3-4-9-14(2)10-8-13-15-11-6-5-7-12-15/h3-7,9,11-12H,1-2,8,10,13H2/b9-4-. The molecule has 1 aromatic rings. The number of rotatable bonds is 6. The predicted molar refractivity (Wildman–Crippen MR) is 67.9 cm³/mol. The lowest BCUT2D eigenvalue weighted by molar-refractivity contribution is 0.825. The van der Waals surface area contributed by atoms with E-state index in [1.165, 1.54) is 11.1 Å². The SMILES string of the molecule is C=C/C=C\C(=C)CCCc1ccccc1. The van der Waals surface area contributed by atoms with Gasteiger partial charge in [0.2, 0.25) is 0 Å². The lowest BCUT2D eigenvalue weighted by Crippen LogP contribution is -1.85. The van der Waals surface area contributed by atoms with Gasteiger partial charge in [0.05, 0.1) is 0 Å². The van der Waals surface area contributed by atoms with E-state index in [2.05, 4.69) is 43.5 Å². The summed E-state index contributed by atoms with van der Waals surface area (Å²) in [5, 5.41) is 0.